The van der Waals surface area contributed by atoms with Crippen molar-refractivity contribution in [3.8, 4) is 6.07 Å². The second kappa shape index (κ2) is 9.79. The maximum Gasteiger partial charge on any atom is 0.356 e. The van der Waals surface area contributed by atoms with E-state index in [0.717, 1.165) is 37.1 Å². The lowest BCUT2D eigenvalue weighted by molar-refractivity contribution is 0.0691. The van der Waals surface area contributed by atoms with E-state index in [1.54, 1.807) is 13.2 Å². The molecule has 1 fully saturated rings. The van der Waals surface area contributed by atoms with Crippen LogP contribution in [0.2, 0.25) is 5.15 Å². The number of nitrogens with one attached hydrogen (secondary N) is 1. The SMILES string of the molecule is COC1CCN(c2nc3c([C@@H](C)Nc4ccc(Cl)nc4C(=O)O)cc(C)cc3nc2C#N)CC1. The van der Waals surface area contributed by atoms with Crippen LogP contribution >= 0.6 is 11.6 Å². The zero-order chi connectivity index (χ0) is 24.4. The molecular formula is C24H25ClN6O3. The highest BCUT2D eigenvalue weighted by molar-refractivity contribution is 6.29. The number of aromatic nitrogens is 3. The molecular weight excluding hydrogens is 456 g/mol. The summed E-state index contributed by atoms with van der Waals surface area (Å²) in [7, 11) is 1.71. The van der Waals surface area contributed by atoms with Gasteiger partial charge in [0.15, 0.2) is 17.2 Å². The monoisotopic (exact) mass is 480 g/mol. The predicted octanol–water partition coefficient (Wildman–Crippen LogP) is 4.34. The summed E-state index contributed by atoms with van der Waals surface area (Å²) in [5.41, 5.74) is 3.55. The summed E-state index contributed by atoms with van der Waals surface area (Å²) in [6.45, 7) is 5.30. The maximum atomic E-state index is 11.7. The molecule has 0 bridgehead atoms. The van der Waals surface area contributed by atoms with E-state index >= 15 is 0 Å². The average Bonchev–Trinajstić information content (AvgIpc) is 2.83. The number of pyridine rings is 1. The highest BCUT2D eigenvalue weighted by Gasteiger charge is 2.25. The van der Waals surface area contributed by atoms with Crippen molar-refractivity contribution < 1.29 is 14.6 Å². The number of nitriles is 1. The first-order valence-corrected chi connectivity index (χ1v) is 11.3. The van der Waals surface area contributed by atoms with Gasteiger partial charge in [0.1, 0.15) is 11.2 Å². The Morgan fingerprint density at radius 1 is 1.29 bits per heavy atom. The number of ether oxygens (including phenoxy) is 1. The molecule has 2 N–H and O–H groups in total. The van der Waals surface area contributed by atoms with Crippen LogP contribution in [0.3, 0.4) is 0 Å². The first-order chi connectivity index (χ1) is 16.3. The quantitative estimate of drug-likeness (QED) is 0.495. The number of piperidine rings is 1. The lowest BCUT2D eigenvalue weighted by Crippen LogP contribution is -2.37. The minimum atomic E-state index is -1.17. The summed E-state index contributed by atoms with van der Waals surface area (Å²) in [6.07, 6.45) is 1.90. The Bertz CT molecular complexity index is 1280. The average molecular weight is 481 g/mol. The molecule has 1 atom stereocenters. The second-order valence-corrected chi connectivity index (χ2v) is 8.74. The van der Waals surface area contributed by atoms with Gasteiger partial charge in [0.25, 0.3) is 0 Å². The molecule has 0 amide bonds. The van der Waals surface area contributed by atoms with Crippen LogP contribution in [0.25, 0.3) is 11.0 Å². The molecule has 0 unspecified atom stereocenters. The number of methoxy groups -OCH3 is 1. The molecule has 176 valence electrons. The molecule has 1 aliphatic heterocycles. The Morgan fingerprint density at radius 2 is 2.03 bits per heavy atom. The number of halogens is 1. The predicted molar refractivity (Wildman–Crippen MR) is 129 cm³/mol. The Labute approximate surface area is 202 Å². The number of rotatable bonds is 6. The van der Waals surface area contributed by atoms with Crippen LogP contribution in [0, 0.1) is 18.3 Å². The van der Waals surface area contributed by atoms with E-state index in [1.165, 1.54) is 6.07 Å². The third-order valence-corrected chi connectivity index (χ3v) is 6.22. The van der Waals surface area contributed by atoms with Gasteiger partial charge < -0.3 is 20.1 Å². The number of hydrogen-bond acceptors (Lipinski definition) is 8. The van der Waals surface area contributed by atoms with Crippen molar-refractivity contribution in [2.24, 2.45) is 0 Å². The normalized spacial score (nSPS) is 15.2. The van der Waals surface area contributed by atoms with Gasteiger partial charge in [-0.3, -0.25) is 0 Å². The highest BCUT2D eigenvalue weighted by atomic mass is 35.5. The third kappa shape index (κ3) is 4.74. The summed E-state index contributed by atoms with van der Waals surface area (Å²) in [5.74, 6) is -0.618. The second-order valence-electron chi connectivity index (χ2n) is 8.35. The van der Waals surface area contributed by atoms with Crippen molar-refractivity contribution in [3.05, 3.63) is 51.9 Å². The number of fused-ring (bicyclic) bond motifs is 1. The summed E-state index contributed by atoms with van der Waals surface area (Å²) < 4.78 is 5.47. The number of carbonyl (C=O) groups is 1. The zero-order valence-electron chi connectivity index (χ0n) is 19.2. The van der Waals surface area contributed by atoms with Crippen molar-refractivity contribution in [1.82, 2.24) is 15.0 Å². The molecule has 1 saturated heterocycles. The fraction of sp³-hybridized carbons (Fsp3) is 0.375. The minimum absolute atomic E-state index is 0.105. The standard InChI is InChI=1S/C24H25ClN6O3/c1-13-10-16(14(2)27-17-4-5-20(25)29-22(17)24(32)33)21-18(11-13)28-19(12-26)23(30-21)31-8-6-15(34-3)7-9-31/h4-5,10-11,14-15,27H,6-9H2,1-3H3,(H,32,33)/t14-/m1/s1. The first-order valence-electron chi connectivity index (χ1n) is 11.0. The largest absolute Gasteiger partial charge is 0.476 e. The number of aromatic carboxylic acids is 1. The van der Waals surface area contributed by atoms with Crippen molar-refractivity contribution in [3.63, 3.8) is 0 Å². The summed E-state index contributed by atoms with van der Waals surface area (Å²) in [4.78, 5) is 27.2. The number of nitrogens with zero attached hydrogens (tertiary/aromatic N) is 5. The van der Waals surface area contributed by atoms with E-state index in [0.29, 0.717) is 22.5 Å². The van der Waals surface area contributed by atoms with Crippen LogP contribution in [0.5, 0.6) is 0 Å². The van der Waals surface area contributed by atoms with Gasteiger partial charge in [-0.1, -0.05) is 17.7 Å². The first kappa shape index (κ1) is 23.7. The van der Waals surface area contributed by atoms with Gasteiger partial charge in [-0.05, 0) is 50.5 Å². The van der Waals surface area contributed by atoms with Crippen molar-refractivity contribution in [2.75, 3.05) is 30.4 Å². The summed E-state index contributed by atoms with van der Waals surface area (Å²) >= 11 is 5.89. The van der Waals surface area contributed by atoms with Crippen LogP contribution in [0.4, 0.5) is 11.5 Å². The fourth-order valence-corrected chi connectivity index (χ4v) is 4.43. The van der Waals surface area contributed by atoms with Crippen LogP contribution < -0.4 is 10.2 Å². The number of carboxylic acids is 1. The van der Waals surface area contributed by atoms with Crippen molar-refractivity contribution in [1.29, 1.82) is 5.26 Å². The Morgan fingerprint density at radius 3 is 2.68 bits per heavy atom. The molecule has 4 rings (SSSR count). The zero-order valence-corrected chi connectivity index (χ0v) is 19.9. The Hall–Kier alpha value is -3.48. The summed E-state index contributed by atoms with van der Waals surface area (Å²) in [5, 5.41) is 22.6. The highest BCUT2D eigenvalue weighted by Crippen LogP contribution is 2.31. The fourth-order valence-electron chi connectivity index (χ4n) is 4.28. The molecule has 3 heterocycles. The van der Waals surface area contributed by atoms with Gasteiger partial charge in [-0.15, -0.1) is 0 Å². The lowest BCUT2D eigenvalue weighted by atomic mass is 10.0. The van der Waals surface area contributed by atoms with E-state index in [4.69, 9.17) is 21.3 Å². The molecule has 9 nitrogen and oxygen atoms in total. The van der Waals surface area contributed by atoms with Crippen LogP contribution in [0.1, 0.15) is 53.1 Å². The number of anilines is 2. The van der Waals surface area contributed by atoms with E-state index in [2.05, 4.69) is 26.3 Å². The molecule has 0 saturated carbocycles. The van der Waals surface area contributed by atoms with Crippen molar-refractivity contribution >= 4 is 40.1 Å². The number of aryl methyl sites for hydroxylation is 1. The molecule has 0 spiro atoms. The molecule has 0 radical (unpaired) electrons. The van der Waals surface area contributed by atoms with Gasteiger partial charge in [0.2, 0.25) is 0 Å². The van der Waals surface area contributed by atoms with Crippen LogP contribution in [-0.4, -0.2) is 52.3 Å². The molecule has 10 heteroatoms. The number of benzene rings is 1. The third-order valence-electron chi connectivity index (χ3n) is 6.01. The number of hydrogen-bond donors (Lipinski definition) is 2. The molecule has 2 aromatic heterocycles. The van der Waals surface area contributed by atoms with Crippen LogP contribution in [0.15, 0.2) is 24.3 Å². The molecule has 1 aromatic carbocycles. The Balaban J connectivity index is 1.76. The molecule has 0 aliphatic carbocycles. The van der Waals surface area contributed by atoms with Gasteiger partial charge in [-0.25, -0.2) is 19.7 Å². The topological polar surface area (TPSA) is 124 Å². The maximum absolute atomic E-state index is 11.7. The van der Waals surface area contributed by atoms with Gasteiger partial charge >= 0.3 is 5.97 Å². The van der Waals surface area contributed by atoms with Crippen LogP contribution in [-0.2, 0) is 4.74 Å². The minimum Gasteiger partial charge on any atom is -0.476 e. The van der Waals surface area contributed by atoms with Gasteiger partial charge in [-0.2, -0.15) is 5.26 Å². The molecule has 3 aromatic rings. The van der Waals surface area contributed by atoms with E-state index in [1.807, 2.05) is 26.0 Å². The van der Waals surface area contributed by atoms with E-state index in [-0.39, 0.29) is 28.7 Å². The van der Waals surface area contributed by atoms with Gasteiger partial charge in [0.05, 0.1) is 28.9 Å². The smallest absolute Gasteiger partial charge is 0.356 e. The summed E-state index contributed by atoms with van der Waals surface area (Å²) in [6, 6.07) is 8.90. The molecule has 1 aliphatic rings. The lowest BCUT2D eigenvalue weighted by Gasteiger charge is -2.32. The van der Waals surface area contributed by atoms with E-state index in [9.17, 15) is 15.2 Å². The van der Waals surface area contributed by atoms with Crippen molar-refractivity contribution in [2.45, 2.75) is 38.8 Å². The molecule has 34 heavy (non-hydrogen) atoms. The Kier molecular flexibility index (Phi) is 6.82. The van der Waals surface area contributed by atoms with Gasteiger partial charge in [0, 0.05) is 25.8 Å². The van der Waals surface area contributed by atoms with E-state index < -0.39 is 5.97 Å². The number of carboxylic acid groups (broad SMARTS) is 1.